The van der Waals surface area contributed by atoms with Crippen LogP contribution in [-0.2, 0) is 28.7 Å². The van der Waals surface area contributed by atoms with Gasteiger partial charge in [0.25, 0.3) is 11.5 Å². The molecule has 32 heavy (non-hydrogen) atoms. The minimum atomic E-state index is -4.74. The number of nitrogens with one attached hydrogen (secondary N) is 1. The third-order valence-electron chi connectivity index (χ3n) is 5.01. The molecular weight excluding hydrogens is 471 g/mol. The van der Waals surface area contributed by atoms with E-state index in [1.165, 1.54) is 6.07 Å². The monoisotopic (exact) mass is 485 g/mol. The molecule has 1 aliphatic rings. The number of nitrogens with zero attached hydrogens (tertiary/aromatic N) is 2. The van der Waals surface area contributed by atoms with Crippen molar-refractivity contribution in [2.24, 2.45) is 0 Å². The third-order valence-corrected chi connectivity index (χ3v) is 6.50. The van der Waals surface area contributed by atoms with Crippen LogP contribution in [0, 0.1) is 6.92 Å². The second kappa shape index (κ2) is 8.21. The topological polar surface area (TPSA) is 90.3 Å². The summed E-state index contributed by atoms with van der Waals surface area (Å²) in [5.74, 6) is -1.21. The minimum absolute atomic E-state index is 0.107. The van der Waals surface area contributed by atoms with E-state index in [2.05, 4.69) is 4.98 Å². The lowest BCUT2D eigenvalue weighted by Gasteiger charge is -2.15. The molecule has 0 radical (unpaired) electrons. The Labute approximate surface area is 187 Å². The zero-order valence-corrected chi connectivity index (χ0v) is 18.1. The first kappa shape index (κ1) is 22.3. The van der Waals surface area contributed by atoms with E-state index < -0.39 is 35.9 Å². The van der Waals surface area contributed by atoms with Crippen molar-refractivity contribution < 1.29 is 27.5 Å². The predicted molar refractivity (Wildman–Crippen MR) is 112 cm³/mol. The normalized spacial score (nSPS) is 13.3. The molecule has 0 aliphatic carbocycles. The highest BCUT2D eigenvalue weighted by Crippen LogP contribution is 2.38. The van der Waals surface area contributed by atoms with Gasteiger partial charge in [-0.2, -0.15) is 13.2 Å². The van der Waals surface area contributed by atoms with Crippen LogP contribution < -0.4 is 10.9 Å². The quantitative estimate of drug-likeness (QED) is 0.560. The van der Waals surface area contributed by atoms with Crippen LogP contribution in [0.4, 0.5) is 18.9 Å². The van der Waals surface area contributed by atoms with Crippen LogP contribution in [0.25, 0.3) is 10.2 Å². The molecular formula is C20H15ClF3N3O4S. The van der Waals surface area contributed by atoms with E-state index in [-0.39, 0.29) is 15.5 Å². The summed E-state index contributed by atoms with van der Waals surface area (Å²) in [5.41, 5.74) is -1.58. The number of aromatic nitrogens is 2. The summed E-state index contributed by atoms with van der Waals surface area (Å²) < 4.78 is 46.0. The van der Waals surface area contributed by atoms with E-state index in [1.54, 1.807) is 11.5 Å². The number of amides is 1. The number of hydrogen-bond donors (Lipinski definition) is 1. The number of rotatable bonds is 4. The fraction of sp³-hybridized carbons (Fsp3) is 0.300. The number of anilines is 1. The molecule has 0 unspecified atom stereocenters. The second-order valence-corrected chi connectivity index (χ2v) is 8.52. The van der Waals surface area contributed by atoms with Crippen LogP contribution in [0.3, 0.4) is 0 Å². The largest absolute Gasteiger partial charge is 0.451 e. The van der Waals surface area contributed by atoms with Crippen LogP contribution in [-0.4, -0.2) is 28.0 Å². The van der Waals surface area contributed by atoms with Crippen molar-refractivity contribution >= 4 is 50.7 Å². The fourth-order valence-corrected chi connectivity index (χ4v) is 4.84. The number of hydrogen-bond acceptors (Lipinski definition) is 6. The number of ether oxygens (including phenoxy) is 1. The summed E-state index contributed by atoms with van der Waals surface area (Å²) in [6.45, 7) is 1.31. The van der Waals surface area contributed by atoms with Crippen molar-refractivity contribution in [1.29, 1.82) is 0 Å². The van der Waals surface area contributed by atoms with Crippen LogP contribution in [0.5, 0.6) is 0 Å². The number of halogens is 4. The lowest BCUT2D eigenvalue weighted by Crippen LogP contribution is -2.23. The number of fused-ring (bicyclic) bond motifs is 2. The first-order chi connectivity index (χ1) is 15.1. The smallest absolute Gasteiger partial charge is 0.418 e. The highest BCUT2D eigenvalue weighted by molar-refractivity contribution is 7.20. The average Bonchev–Trinajstić information content (AvgIpc) is 3.32. The molecule has 0 saturated heterocycles. The number of alkyl halides is 3. The van der Waals surface area contributed by atoms with Gasteiger partial charge >= 0.3 is 12.1 Å². The molecule has 0 spiro atoms. The van der Waals surface area contributed by atoms with Gasteiger partial charge in [-0.1, -0.05) is 17.7 Å². The standard InChI is InChI=1S/C20H15ClF3N3O4S/c1-9-14-17(25-12-6-3-7-27(12)18(14)29)32-16(9)19(30)31-8-13(28)26-15-10(20(22,23)24)4-2-5-11(15)21/h2,4-5H,3,6-8H2,1H3,(H,26,28). The maximum absolute atomic E-state index is 13.2. The SMILES string of the molecule is Cc1c(C(=O)OCC(=O)Nc2c(Cl)cccc2C(F)(F)F)sc2nc3n(c(=O)c12)CCC3. The summed E-state index contributed by atoms with van der Waals surface area (Å²) in [6.07, 6.45) is -3.24. The number of carbonyl (C=O) groups excluding carboxylic acids is 2. The maximum Gasteiger partial charge on any atom is 0.418 e. The summed E-state index contributed by atoms with van der Waals surface area (Å²) in [5, 5.41) is 2.06. The molecule has 0 saturated carbocycles. The Morgan fingerprint density at radius 1 is 1.34 bits per heavy atom. The molecule has 1 N–H and O–H groups in total. The minimum Gasteiger partial charge on any atom is -0.451 e. The molecule has 1 aromatic carbocycles. The van der Waals surface area contributed by atoms with Crippen molar-refractivity contribution in [3.05, 3.63) is 55.4 Å². The molecule has 4 rings (SSSR count). The fourth-order valence-electron chi connectivity index (χ4n) is 3.53. The number of aryl methyl sites for hydroxylation is 2. The van der Waals surface area contributed by atoms with E-state index in [4.69, 9.17) is 16.3 Å². The number of carbonyl (C=O) groups is 2. The molecule has 12 heteroatoms. The van der Waals surface area contributed by atoms with E-state index in [9.17, 15) is 27.6 Å². The molecule has 1 amide bonds. The number of thiophene rings is 1. The summed E-state index contributed by atoms with van der Waals surface area (Å²) in [6, 6.07) is 3.08. The second-order valence-electron chi connectivity index (χ2n) is 7.11. The highest BCUT2D eigenvalue weighted by atomic mass is 35.5. The lowest BCUT2D eigenvalue weighted by molar-refractivity contribution is -0.137. The Hall–Kier alpha value is -2.92. The van der Waals surface area contributed by atoms with Gasteiger partial charge in [0.1, 0.15) is 15.5 Å². The number of esters is 1. The first-order valence-corrected chi connectivity index (χ1v) is 10.6. The predicted octanol–water partition coefficient (Wildman–Crippen LogP) is 4.18. The van der Waals surface area contributed by atoms with Gasteiger partial charge in [-0.25, -0.2) is 9.78 Å². The lowest BCUT2D eigenvalue weighted by atomic mass is 10.1. The van der Waals surface area contributed by atoms with E-state index in [1.807, 2.05) is 5.32 Å². The van der Waals surface area contributed by atoms with Gasteiger partial charge in [-0.3, -0.25) is 14.2 Å². The van der Waals surface area contributed by atoms with Crippen molar-refractivity contribution in [1.82, 2.24) is 9.55 Å². The highest BCUT2D eigenvalue weighted by Gasteiger charge is 2.35. The zero-order valence-electron chi connectivity index (χ0n) is 16.5. The van der Waals surface area contributed by atoms with E-state index in [0.717, 1.165) is 29.9 Å². The van der Waals surface area contributed by atoms with Crippen molar-refractivity contribution in [2.75, 3.05) is 11.9 Å². The molecule has 3 heterocycles. The van der Waals surface area contributed by atoms with Crippen LogP contribution in [0.15, 0.2) is 23.0 Å². The number of para-hydroxylation sites is 1. The van der Waals surface area contributed by atoms with Crippen LogP contribution in [0.2, 0.25) is 5.02 Å². The molecule has 2 aromatic heterocycles. The van der Waals surface area contributed by atoms with Crippen molar-refractivity contribution in [2.45, 2.75) is 32.5 Å². The van der Waals surface area contributed by atoms with Gasteiger partial charge in [0.15, 0.2) is 6.61 Å². The van der Waals surface area contributed by atoms with Gasteiger partial charge in [-0.15, -0.1) is 11.3 Å². The van der Waals surface area contributed by atoms with Gasteiger partial charge in [0.2, 0.25) is 0 Å². The Morgan fingerprint density at radius 3 is 2.81 bits per heavy atom. The first-order valence-electron chi connectivity index (χ1n) is 9.43. The Balaban J connectivity index is 1.51. The molecule has 0 bridgehead atoms. The van der Waals surface area contributed by atoms with Gasteiger partial charge in [-0.05, 0) is 31.0 Å². The third kappa shape index (κ3) is 3.97. The van der Waals surface area contributed by atoms with E-state index in [0.29, 0.717) is 34.6 Å². The molecule has 3 aromatic rings. The Bertz CT molecular complexity index is 1320. The average molecular weight is 486 g/mol. The van der Waals surface area contributed by atoms with Gasteiger partial charge < -0.3 is 10.1 Å². The van der Waals surface area contributed by atoms with Crippen LogP contribution >= 0.6 is 22.9 Å². The number of benzene rings is 1. The summed E-state index contributed by atoms with van der Waals surface area (Å²) >= 11 is 6.78. The van der Waals surface area contributed by atoms with E-state index >= 15 is 0 Å². The Kier molecular flexibility index (Phi) is 5.72. The molecule has 7 nitrogen and oxygen atoms in total. The summed E-state index contributed by atoms with van der Waals surface area (Å²) in [4.78, 5) is 42.3. The summed E-state index contributed by atoms with van der Waals surface area (Å²) in [7, 11) is 0. The van der Waals surface area contributed by atoms with Crippen molar-refractivity contribution in [3.63, 3.8) is 0 Å². The molecule has 168 valence electrons. The molecule has 0 atom stereocenters. The van der Waals surface area contributed by atoms with Gasteiger partial charge in [0, 0.05) is 13.0 Å². The molecule has 1 aliphatic heterocycles. The zero-order chi connectivity index (χ0) is 23.2. The van der Waals surface area contributed by atoms with Crippen LogP contribution in [0.1, 0.15) is 33.0 Å². The van der Waals surface area contributed by atoms with Gasteiger partial charge in [0.05, 0.1) is 21.7 Å². The maximum atomic E-state index is 13.2. The van der Waals surface area contributed by atoms with Crippen molar-refractivity contribution in [3.8, 4) is 0 Å². The molecule has 0 fully saturated rings. The Morgan fingerprint density at radius 2 is 2.09 bits per heavy atom.